The average Bonchev–Trinajstić information content (AvgIpc) is 2.99. The summed E-state index contributed by atoms with van der Waals surface area (Å²) in [5.74, 6) is 5.90. The summed E-state index contributed by atoms with van der Waals surface area (Å²) in [6, 6.07) is 7.57. The van der Waals surface area contributed by atoms with Gasteiger partial charge in [0.15, 0.2) is 0 Å². The molecule has 0 radical (unpaired) electrons. The lowest BCUT2D eigenvalue weighted by Gasteiger charge is -2.12. The molecule has 1 aliphatic heterocycles. The predicted octanol–water partition coefficient (Wildman–Crippen LogP) is 1.01. The second kappa shape index (κ2) is 8.30. The Morgan fingerprint density at radius 1 is 1.43 bits per heavy atom. The standard InChI is InChI=1S/C16H20N2O3/c19-9-4-3-6-13-5-1-2-7-14(13)11-17-16(20)18-15-8-10-21-12-15/h1-2,5,7,15,19H,4,8-12H2,(H2,17,18,20). The molecule has 0 aromatic heterocycles. The highest BCUT2D eigenvalue weighted by Crippen LogP contribution is 2.07. The van der Waals surface area contributed by atoms with Crippen LogP contribution in [0.4, 0.5) is 4.79 Å². The van der Waals surface area contributed by atoms with E-state index in [0.717, 1.165) is 17.5 Å². The molecule has 0 saturated carbocycles. The van der Waals surface area contributed by atoms with Crippen molar-refractivity contribution in [2.75, 3.05) is 19.8 Å². The van der Waals surface area contributed by atoms with E-state index < -0.39 is 0 Å². The number of hydrogen-bond donors (Lipinski definition) is 3. The number of amides is 2. The smallest absolute Gasteiger partial charge is 0.315 e. The molecular formula is C16H20N2O3. The number of rotatable bonds is 4. The minimum absolute atomic E-state index is 0.0548. The zero-order valence-corrected chi connectivity index (χ0v) is 11.9. The third-order valence-corrected chi connectivity index (χ3v) is 3.18. The van der Waals surface area contributed by atoms with Gasteiger partial charge in [0.25, 0.3) is 0 Å². The molecule has 1 saturated heterocycles. The molecule has 1 heterocycles. The first-order chi connectivity index (χ1) is 10.3. The Hall–Kier alpha value is -2.03. The van der Waals surface area contributed by atoms with Gasteiger partial charge in [-0.25, -0.2) is 4.79 Å². The van der Waals surface area contributed by atoms with Gasteiger partial charge in [0.2, 0.25) is 0 Å². The molecule has 5 heteroatoms. The number of hydrogen-bond acceptors (Lipinski definition) is 3. The highest BCUT2D eigenvalue weighted by molar-refractivity contribution is 5.74. The molecule has 1 aromatic carbocycles. The number of urea groups is 1. The van der Waals surface area contributed by atoms with Crippen LogP contribution in [0.3, 0.4) is 0 Å². The predicted molar refractivity (Wildman–Crippen MR) is 79.6 cm³/mol. The largest absolute Gasteiger partial charge is 0.395 e. The molecule has 3 N–H and O–H groups in total. The fourth-order valence-corrected chi connectivity index (χ4v) is 2.07. The van der Waals surface area contributed by atoms with E-state index in [0.29, 0.717) is 26.2 Å². The van der Waals surface area contributed by atoms with Crippen molar-refractivity contribution in [1.82, 2.24) is 10.6 Å². The van der Waals surface area contributed by atoms with Crippen molar-refractivity contribution >= 4 is 6.03 Å². The van der Waals surface area contributed by atoms with Gasteiger partial charge in [0.1, 0.15) is 0 Å². The normalized spacial score (nSPS) is 16.9. The van der Waals surface area contributed by atoms with E-state index >= 15 is 0 Å². The number of nitrogens with one attached hydrogen (secondary N) is 2. The minimum atomic E-state index is -0.191. The number of carbonyl (C=O) groups excluding carboxylic acids is 1. The van der Waals surface area contributed by atoms with Crippen LogP contribution in [-0.2, 0) is 11.3 Å². The van der Waals surface area contributed by atoms with Crippen LogP contribution in [0.1, 0.15) is 24.0 Å². The quantitative estimate of drug-likeness (QED) is 0.724. The van der Waals surface area contributed by atoms with Crippen LogP contribution in [0.2, 0.25) is 0 Å². The van der Waals surface area contributed by atoms with Crippen molar-refractivity contribution in [3.63, 3.8) is 0 Å². The maximum absolute atomic E-state index is 11.8. The first-order valence-electron chi connectivity index (χ1n) is 7.09. The van der Waals surface area contributed by atoms with Crippen molar-refractivity contribution in [3.05, 3.63) is 35.4 Å². The van der Waals surface area contributed by atoms with Crippen LogP contribution in [0.25, 0.3) is 0 Å². The fraction of sp³-hybridized carbons (Fsp3) is 0.438. The van der Waals surface area contributed by atoms with E-state index in [4.69, 9.17) is 9.84 Å². The molecule has 0 aliphatic carbocycles. The Labute approximate surface area is 124 Å². The second-order valence-corrected chi connectivity index (χ2v) is 4.82. The molecule has 112 valence electrons. The van der Waals surface area contributed by atoms with Crippen LogP contribution < -0.4 is 10.6 Å². The first kappa shape index (κ1) is 15.4. The monoisotopic (exact) mass is 288 g/mol. The molecule has 0 bridgehead atoms. The Morgan fingerprint density at radius 3 is 3.05 bits per heavy atom. The van der Waals surface area contributed by atoms with E-state index in [-0.39, 0.29) is 18.7 Å². The summed E-state index contributed by atoms with van der Waals surface area (Å²) >= 11 is 0. The molecule has 1 fully saturated rings. The van der Waals surface area contributed by atoms with Gasteiger partial charge in [0, 0.05) is 25.1 Å². The summed E-state index contributed by atoms with van der Waals surface area (Å²) in [5.41, 5.74) is 1.83. The molecule has 0 spiro atoms. The van der Waals surface area contributed by atoms with Crippen LogP contribution in [0, 0.1) is 11.8 Å². The van der Waals surface area contributed by atoms with Crippen molar-refractivity contribution in [2.24, 2.45) is 0 Å². The summed E-state index contributed by atoms with van der Waals surface area (Å²) in [6.07, 6.45) is 1.31. The van der Waals surface area contributed by atoms with E-state index in [9.17, 15) is 4.79 Å². The van der Waals surface area contributed by atoms with Gasteiger partial charge in [0.05, 0.1) is 19.3 Å². The van der Waals surface area contributed by atoms with E-state index in [1.165, 1.54) is 0 Å². The van der Waals surface area contributed by atoms with Gasteiger partial charge in [-0.3, -0.25) is 0 Å². The van der Waals surface area contributed by atoms with E-state index in [1.54, 1.807) is 0 Å². The maximum Gasteiger partial charge on any atom is 0.315 e. The lowest BCUT2D eigenvalue weighted by molar-refractivity contribution is 0.188. The van der Waals surface area contributed by atoms with Crippen molar-refractivity contribution in [2.45, 2.75) is 25.4 Å². The molecule has 21 heavy (non-hydrogen) atoms. The summed E-state index contributed by atoms with van der Waals surface area (Å²) < 4.78 is 5.21. The van der Waals surface area contributed by atoms with E-state index in [2.05, 4.69) is 22.5 Å². The molecule has 1 aliphatic rings. The summed E-state index contributed by atoms with van der Waals surface area (Å²) in [6.45, 7) is 1.76. The third-order valence-electron chi connectivity index (χ3n) is 3.18. The lowest BCUT2D eigenvalue weighted by atomic mass is 10.1. The van der Waals surface area contributed by atoms with Gasteiger partial charge in [-0.2, -0.15) is 0 Å². The average molecular weight is 288 g/mol. The minimum Gasteiger partial charge on any atom is -0.395 e. The Bertz CT molecular complexity index is 528. The Morgan fingerprint density at radius 2 is 2.29 bits per heavy atom. The summed E-state index contributed by atoms with van der Waals surface area (Å²) in [5, 5.41) is 14.5. The molecular weight excluding hydrogens is 268 g/mol. The molecule has 2 amide bonds. The molecule has 5 nitrogen and oxygen atoms in total. The van der Waals surface area contributed by atoms with Crippen LogP contribution in [0.15, 0.2) is 24.3 Å². The van der Waals surface area contributed by atoms with Crippen LogP contribution >= 0.6 is 0 Å². The van der Waals surface area contributed by atoms with Gasteiger partial charge in [-0.05, 0) is 18.1 Å². The van der Waals surface area contributed by atoms with E-state index in [1.807, 2.05) is 24.3 Å². The van der Waals surface area contributed by atoms with Crippen LogP contribution in [0.5, 0.6) is 0 Å². The highest BCUT2D eigenvalue weighted by Gasteiger charge is 2.17. The number of aliphatic hydroxyl groups is 1. The van der Waals surface area contributed by atoms with Crippen molar-refractivity contribution in [1.29, 1.82) is 0 Å². The zero-order valence-electron chi connectivity index (χ0n) is 11.9. The Kier molecular flexibility index (Phi) is 6.07. The lowest BCUT2D eigenvalue weighted by Crippen LogP contribution is -2.42. The fourth-order valence-electron chi connectivity index (χ4n) is 2.07. The van der Waals surface area contributed by atoms with Gasteiger partial charge < -0.3 is 20.5 Å². The first-order valence-corrected chi connectivity index (χ1v) is 7.09. The number of aliphatic hydroxyl groups excluding tert-OH is 1. The zero-order chi connectivity index (χ0) is 14.9. The molecule has 1 unspecified atom stereocenters. The van der Waals surface area contributed by atoms with Gasteiger partial charge in [-0.15, -0.1) is 0 Å². The number of carbonyl (C=O) groups is 1. The summed E-state index contributed by atoms with van der Waals surface area (Å²) in [7, 11) is 0. The molecule has 2 rings (SSSR count). The topological polar surface area (TPSA) is 70.6 Å². The van der Waals surface area contributed by atoms with Crippen molar-refractivity contribution in [3.8, 4) is 11.8 Å². The maximum atomic E-state index is 11.8. The third kappa shape index (κ3) is 5.10. The van der Waals surface area contributed by atoms with Crippen LogP contribution in [-0.4, -0.2) is 37.0 Å². The second-order valence-electron chi connectivity index (χ2n) is 4.82. The Balaban J connectivity index is 1.87. The van der Waals surface area contributed by atoms with Crippen molar-refractivity contribution < 1.29 is 14.6 Å². The molecule has 1 atom stereocenters. The molecule has 1 aromatic rings. The number of ether oxygens (including phenoxy) is 1. The van der Waals surface area contributed by atoms with Gasteiger partial charge >= 0.3 is 6.03 Å². The highest BCUT2D eigenvalue weighted by atomic mass is 16.5. The SMILES string of the molecule is O=C(NCc1ccccc1C#CCCO)NC1CCOC1. The summed E-state index contributed by atoms with van der Waals surface area (Å²) in [4.78, 5) is 11.8. The number of benzene rings is 1. The van der Waals surface area contributed by atoms with Gasteiger partial charge in [-0.1, -0.05) is 30.0 Å².